The standard InChI is InChI=1S/C15H25N3/c1-15(2,3)14-7-6-12(10-16-14)18-9-8-13(11-18)17(4)5/h6-7,10,13H,8-9,11H2,1-5H3. The molecule has 1 aromatic rings. The Morgan fingerprint density at radius 3 is 2.44 bits per heavy atom. The Balaban J connectivity index is 2.07. The van der Waals surface area contributed by atoms with Crippen LogP contribution in [0.3, 0.4) is 0 Å². The highest BCUT2D eigenvalue weighted by Crippen LogP contribution is 2.25. The molecule has 1 unspecified atom stereocenters. The molecule has 1 aromatic heterocycles. The molecule has 0 saturated carbocycles. The van der Waals surface area contributed by atoms with Crippen molar-refractivity contribution in [3.63, 3.8) is 0 Å². The predicted molar refractivity (Wildman–Crippen MR) is 77.2 cm³/mol. The van der Waals surface area contributed by atoms with Crippen molar-refractivity contribution < 1.29 is 0 Å². The Kier molecular flexibility index (Phi) is 3.62. The molecule has 1 aliphatic rings. The molecule has 3 heteroatoms. The summed E-state index contributed by atoms with van der Waals surface area (Å²) in [6.45, 7) is 8.86. The van der Waals surface area contributed by atoms with Crippen LogP contribution in [0, 0.1) is 0 Å². The quantitative estimate of drug-likeness (QED) is 0.800. The molecule has 0 spiro atoms. The van der Waals surface area contributed by atoms with Gasteiger partial charge in [0.25, 0.3) is 0 Å². The van der Waals surface area contributed by atoms with E-state index in [1.54, 1.807) is 0 Å². The van der Waals surface area contributed by atoms with E-state index in [4.69, 9.17) is 0 Å². The molecule has 100 valence electrons. The third-order valence-corrected chi connectivity index (χ3v) is 3.78. The molecule has 1 saturated heterocycles. The maximum atomic E-state index is 4.61. The molecule has 0 amide bonds. The topological polar surface area (TPSA) is 19.4 Å². The van der Waals surface area contributed by atoms with Crippen LogP contribution in [0.2, 0.25) is 0 Å². The number of likely N-dealkylation sites (N-methyl/N-ethyl adjacent to an activating group) is 1. The summed E-state index contributed by atoms with van der Waals surface area (Å²) >= 11 is 0. The Bertz CT molecular complexity index is 389. The zero-order valence-corrected chi connectivity index (χ0v) is 12.3. The number of nitrogens with zero attached hydrogens (tertiary/aromatic N) is 3. The Morgan fingerprint density at radius 1 is 1.28 bits per heavy atom. The van der Waals surface area contributed by atoms with Gasteiger partial charge in [-0.15, -0.1) is 0 Å². The average molecular weight is 247 g/mol. The minimum atomic E-state index is 0.135. The fourth-order valence-corrected chi connectivity index (χ4v) is 2.41. The van der Waals surface area contributed by atoms with Crippen molar-refractivity contribution in [1.29, 1.82) is 0 Å². The van der Waals surface area contributed by atoms with E-state index < -0.39 is 0 Å². The van der Waals surface area contributed by atoms with Gasteiger partial charge >= 0.3 is 0 Å². The average Bonchev–Trinajstić information content (AvgIpc) is 2.77. The molecule has 0 aliphatic carbocycles. The predicted octanol–water partition coefficient (Wildman–Crippen LogP) is 2.52. The molecule has 1 aliphatic heterocycles. The number of hydrogen-bond donors (Lipinski definition) is 0. The van der Waals surface area contributed by atoms with Gasteiger partial charge in [-0.3, -0.25) is 4.98 Å². The molecule has 2 heterocycles. The highest BCUT2D eigenvalue weighted by Gasteiger charge is 2.24. The van der Waals surface area contributed by atoms with Gasteiger partial charge < -0.3 is 9.80 Å². The van der Waals surface area contributed by atoms with Gasteiger partial charge in [-0.05, 0) is 32.6 Å². The molecule has 1 atom stereocenters. The lowest BCUT2D eigenvalue weighted by Gasteiger charge is -2.23. The second kappa shape index (κ2) is 4.88. The Morgan fingerprint density at radius 2 is 2.00 bits per heavy atom. The van der Waals surface area contributed by atoms with Crippen molar-refractivity contribution in [2.45, 2.75) is 38.6 Å². The zero-order chi connectivity index (χ0) is 13.3. The van der Waals surface area contributed by atoms with E-state index in [0.29, 0.717) is 6.04 Å². The van der Waals surface area contributed by atoms with Crippen LogP contribution in [0.15, 0.2) is 18.3 Å². The van der Waals surface area contributed by atoms with Crippen LogP contribution in [0.1, 0.15) is 32.9 Å². The summed E-state index contributed by atoms with van der Waals surface area (Å²) in [5, 5.41) is 0. The fraction of sp³-hybridized carbons (Fsp3) is 0.667. The summed E-state index contributed by atoms with van der Waals surface area (Å²) < 4.78 is 0. The van der Waals surface area contributed by atoms with E-state index in [2.05, 4.69) is 61.8 Å². The SMILES string of the molecule is CN(C)C1CCN(c2ccc(C(C)(C)C)nc2)C1. The first kappa shape index (κ1) is 13.3. The van der Waals surface area contributed by atoms with Crippen LogP contribution in [0.5, 0.6) is 0 Å². The van der Waals surface area contributed by atoms with E-state index >= 15 is 0 Å². The van der Waals surface area contributed by atoms with Crippen LogP contribution in [0.25, 0.3) is 0 Å². The highest BCUT2D eigenvalue weighted by atomic mass is 15.2. The van der Waals surface area contributed by atoms with E-state index in [1.807, 2.05) is 6.20 Å². The Hall–Kier alpha value is -1.09. The van der Waals surface area contributed by atoms with Crippen molar-refractivity contribution in [3.8, 4) is 0 Å². The van der Waals surface area contributed by atoms with Gasteiger partial charge in [0, 0.05) is 30.2 Å². The number of pyridine rings is 1. The molecule has 0 bridgehead atoms. The van der Waals surface area contributed by atoms with Crippen molar-refractivity contribution in [1.82, 2.24) is 9.88 Å². The number of hydrogen-bond acceptors (Lipinski definition) is 3. The molecule has 2 rings (SSSR count). The van der Waals surface area contributed by atoms with E-state index in [0.717, 1.165) is 18.8 Å². The molecule has 3 nitrogen and oxygen atoms in total. The summed E-state index contributed by atoms with van der Waals surface area (Å²) in [6.07, 6.45) is 3.27. The van der Waals surface area contributed by atoms with Crippen molar-refractivity contribution in [3.05, 3.63) is 24.0 Å². The van der Waals surface area contributed by atoms with Crippen LogP contribution in [0.4, 0.5) is 5.69 Å². The molecule has 0 aromatic carbocycles. The van der Waals surface area contributed by atoms with E-state index in [9.17, 15) is 0 Å². The van der Waals surface area contributed by atoms with Crippen LogP contribution < -0.4 is 4.90 Å². The Labute approximate surface area is 111 Å². The smallest absolute Gasteiger partial charge is 0.0553 e. The first-order valence-electron chi connectivity index (χ1n) is 6.76. The molecular weight excluding hydrogens is 222 g/mol. The van der Waals surface area contributed by atoms with E-state index in [1.165, 1.54) is 12.1 Å². The molecular formula is C15H25N3. The maximum absolute atomic E-state index is 4.61. The van der Waals surface area contributed by atoms with Crippen molar-refractivity contribution in [2.75, 3.05) is 32.1 Å². The lowest BCUT2D eigenvalue weighted by Crippen LogP contribution is -2.31. The number of rotatable bonds is 2. The summed E-state index contributed by atoms with van der Waals surface area (Å²) in [6, 6.07) is 5.05. The number of anilines is 1. The minimum Gasteiger partial charge on any atom is -0.369 e. The highest BCUT2D eigenvalue weighted by molar-refractivity contribution is 5.46. The zero-order valence-electron chi connectivity index (χ0n) is 12.3. The second-order valence-corrected chi connectivity index (χ2v) is 6.50. The van der Waals surface area contributed by atoms with Crippen LogP contribution in [-0.4, -0.2) is 43.1 Å². The van der Waals surface area contributed by atoms with Crippen LogP contribution in [-0.2, 0) is 5.41 Å². The summed E-state index contributed by atoms with van der Waals surface area (Å²) in [7, 11) is 4.32. The monoisotopic (exact) mass is 247 g/mol. The number of aromatic nitrogens is 1. The second-order valence-electron chi connectivity index (χ2n) is 6.50. The van der Waals surface area contributed by atoms with Gasteiger partial charge in [-0.1, -0.05) is 20.8 Å². The molecule has 0 radical (unpaired) electrons. The molecule has 0 N–H and O–H groups in total. The first-order chi connectivity index (χ1) is 8.38. The summed E-state index contributed by atoms with van der Waals surface area (Å²) in [5.41, 5.74) is 2.55. The van der Waals surface area contributed by atoms with Gasteiger partial charge in [-0.25, -0.2) is 0 Å². The van der Waals surface area contributed by atoms with Gasteiger partial charge in [0.05, 0.1) is 11.9 Å². The lowest BCUT2D eigenvalue weighted by molar-refractivity contribution is 0.315. The third kappa shape index (κ3) is 2.83. The van der Waals surface area contributed by atoms with Crippen molar-refractivity contribution in [2.24, 2.45) is 0 Å². The first-order valence-corrected chi connectivity index (χ1v) is 6.76. The minimum absolute atomic E-state index is 0.135. The lowest BCUT2D eigenvalue weighted by atomic mass is 9.92. The molecule has 1 fully saturated rings. The fourth-order valence-electron chi connectivity index (χ4n) is 2.41. The van der Waals surface area contributed by atoms with Gasteiger partial charge in [0.2, 0.25) is 0 Å². The normalized spacial score (nSPS) is 20.8. The largest absolute Gasteiger partial charge is 0.369 e. The summed E-state index contributed by atoms with van der Waals surface area (Å²) in [5.74, 6) is 0. The maximum Gasteiger partial charge on any atom is 0.0553 e. The van der Waals surface area contributed by atoms with Crippen LogP contribution >= 0.6 is 0 Å². The van der Waals surface area contributed by atoms with Gasteiger partial charge in [0.15, 0.2) is 0 Å². The van der Waals surface area contributed by atoms with Crippen molar-refractivity contribution >= 4 is 5.69 Å². The molecule has 18 heavy (non-hydrogen) atoms. The van der Waals surface area contributed by atoms with E-state index in [-0.39, 0.29) is 5.41 Å². The van der Waals surface area contributed by atoms with Gasteiger partial charge in [-0.2, -0.15) is 0 Å². The van der Waals surface area contributed by atoms with Gasteiger partial charge in [0.1, 0.15) is 0 Å². The summed E-state index contributed by atoms with van der Waals surface area (Å²) in [4.78, 5) is 9.36. The third-order valence-electron chi connectivity index (χ3n) is 3.78.